The van der Waals surface area contributed by atoms with Crippen LogP contribution in [0.5, 0.6) is 0 Å². The molecule has 0 saturated carbocycles. The molecule has 0 saturated heterocycles. The average molecular weight is 336 g/mol. The van der Waals surface area contributed by atoms with Crippen molar-refractivity contribution in [3.8, 4) is 0 Å². The number of alkyl halides is 3. The molecular weight excluding hydrogens is 325 g/mol. The average Bonchev–Trinajstić information content (AvgIpc) is 2.77. The maximum absolute atomic E-state index is 13.0. The van der Waals surface area contributed by atoms with Crippen LogP contribution in [0.25, 0.3) is 11.0 Å². The molecule has 0 fully saturated rings. The number of carbonyl (C=O) groups excluding carboxylic acids is 1. The van der Waals surface area contributed by atoms with E-state index in [1.165, 1.54) is 24.3 Å². The lowest BCUT2D eigenvalue weighted by Gasteiger charge is -2.08. The van der Waals surface area contributed by atoms with Crippen molar-refractivity contribution in [1.82, 2.24) is 4.72 Å². The van der Waals surface area contributed by atoms with E-state index in [4.69, 9.17) is 5.73 Å². The van der Waals surface area contributed by atoms with Gasteiger partial charge in [0.1, 0.15) is 5.58 Å². The van der Waals surface area contributed by atoms with E-state index in [-0.39, 0.29) is 17.5 Å². The number of hydrogen-bond acceptors (Lipinski definition) is 5. The molecule has 1 aromatic heterocycles. The van der Waals surface area contributed by atoms with Gasteiger partial charge in [-0.05, 0) is 6.07 Å². The summed E-state index contributed by atoms with van der Waals surface area (Å²) in [5.74, 6) is -3.55. The molecule has 0 aliphatic rings. The largest absolute Gasteiger partial charge is 0.451 e. The number of fused-ring (bicyclic) bond motifs is 1. The molecule has 10 heteroatoms. The highest BCUT2D eigenvalue weighted by atomic mass is 32.2. The van der Waals surface area contributed by atoms with Crippen molar-refractivity contribution in [3.63, 3.8) is 0 Å². The van der Waals surface area contributed by atoms with E-state index in [9.17, 15) is 26.4 Å². The van der Waals surface area contributed by atoms with Crippen LogP contribution in [0.3, 0.4) is 0 Å². The van der Waals surface area contributed by atoms with Crippen molar-refractivity contribution in [2.75, 3.05) is 12.3 Å². The molecule has 22 heavy (non-hydrogen) atoms. The standard InChI is InChI=1S/C12H11F3N2O4S/c13-12(14,15)10-9(7-3-1-2-4-8(7)21-10)11(18)17-22(19,20)6-5-16/h1-4H,5-6,16H2,(H,17,18). The molecule has 0 aliphatic carbocycles. The van der Waals surface area contributed by atoms with Crippen LogP contribution >= 0.6 is 0 Å². The molecule has 0 atom stereocenters. The summed E-state index contributed by atoms with van der Waals surface area (Å²) in [6.07, 6.45) is -4.94. The Morgan fingerprint density at radius 1 is 1.27 bits per heavy atom. The first-order chi connectivity index (χ1) is 10.2. The number of amides is 1. The van der Waals surface area contributed by atoms with Crippen LogP contribution in [0, 0.1) is 0 Å². The van der Waals surface area contributed by atoms with Gasteiger partial charge in [-0.3, -0.25) is 4.79 Å². The monoisotopic (exact) mass is 336 g/mol. The van der Waals surface area contributed by atoms with Crippen molar-refractivity contribution in [3.05, 3.63) is 35.6 Å². The van der Waals surface area contributed by atoms with Crippen LogP contribution < -0.4 is 10.5 Å². The van der Waals surface area contributed by atoms with Gasteiger partial charge >= 0.3 is 6.18 Å². The van der Waals surface area contributed by atoms with E-state index >= 15 is 0 Å². The predicted molar refractivity (Wildman–Crippen MR) is 71.5 cm³/mol. The zero-order valence-electron chi connectivity index (χ0n) is 11.0. The fraction of sp³-hybridized carbons (Fsp3) is 0.250. The number of rotatable bonds is 4. The maximum Gasteiger partial charge on any atom is 0.450 e. The summed E-state index contributed by atoms with van der Waals surface area (Å²) in [6.45, 7) is -0.277. The normalized spacial score (nSPS) is 12.5. The van der Waals surface area contributed by atoms with Gasteiger partial charge in [-0.15, -0.1) is 0 Å². The Morgan fingerprint density at radius 2 is 1.91 bits per heavy atom. The molecule has 0 spiro atoms. The first-order valence-corrected chi connectivity index (χ1v) is 7.64. The second-order valence-electron chi connectivity index (χ2n) is 4.34. The molecule has 0 radical (unpaired) electrons. The van der Waals surface area contributed by atoms with Gasteiger partial charge in [0.05, 0.1) is 11.3 Å². The first-order valence-electron chi connectivity index (χ1n) is 5.99. The third-order valence-corrected chi connectivity index (χ3v) is 3.98. The Bertz CT molecular complexity index is 811. The number of sulfonamides is 1. The smallest absolute Gasteiger partial charge is 0.450 e. The summed E-state index contributed by atoms with van der Waals surface area (Å²) in [4.78, 5) is 12.0. The summed E-state index contributed by atoms with van der Waals surface area (Å²) in [6, 6.07) is 5.32. The Hall–Kier alpha value is -2.07. The van der Waals surface area contributed by atoms with Gasteiger partial charge in [0.15, 0.2) is 0 Å². The highest BCUT2D eigenvalue weighted by molar-refractivity contribution is 7.90. The Labute approximate surface area is 123 Å². The van der Waals surface area contributed by atoms with Gasteiger partial charge in [0.2, 0.25) is 15.8 Å². The van der Waals surface area contributed by atoms with E-state index in [1.54, 1.807) is 4.72 Å². The minimum Gasteiger partial charge on any atom is -0.451 e. The van der Waals surface area contributed by atoms with Gasteiger partial charge < -0.3 is 10.2 Å². The second-order valence-corrected chi connectivity index (χ2v) is 6.18. The Kier molecular flexibility index (Phi) is 4.16. The van der Waals surface area contributed by atoms with Gasteiger partial charge in [-0.2, -0.15) is 13.2 Å². The van der Waals surface area contributed by atoms with E-state index in [1.807, 2.05) is 0 Å². The van der Waals surface area contributed by atoms with Crippen LogP contribution in [0.4, 0.5) is 13.2 Å². The number of carbonyl (C=O) groups is 1. The third-order valence-electron chi connectivity index (χ3n) is 2.71. The highest BCUT2D eigenvalue weighted by Crippen LogP contribution is 2.37. The predicted octanol–water partition coefficient (Wildman–Crippen LogP) is 1.47. The number of benzene rings is 1. The second kappa shape index (κ2) is 5.61. The topological polar surface area (TPSA) is 102 Å². The Morgan fingerprint density at radius 3 is 2.50 bits per heavy atom. The fourth-order valence-corrected chi connectivity index (χ4v) is 2.67. The lowest BCUT2D eigenvalue weighted by Crippen LogP contribution is -2.35. The lowest BCUT2D eigenvalue weighted by atomic mass is 10.1. The summed E-state index contributed by atoms with van der Waals surface area (Å²) in [5, 5.41) is -0.129. The SMILES string of the molecule is NCCS(=O)(=O)NC(=O)c1c(C(F)(F)F)oc2ccccc12. The number of hydrogen-bond donors (Lipinski definition) is 2. The molecule has 1 aromatic carbocycles. The van der Waals surface area contributed by atoms with Crippen molar-refractivity contribution < 1.29 is 30.8 Å². The summed E-state index contributed by atoms with van der Waals surface area (Å²) < 4.78 is 68.2. The quantitative estimate of drug-likeness (QED) is 0.880. The van der Waals surface area contributed by atoms with E-state index in [0.29, 0.717) is 0 Å². The zero-order chi connectivity index (χ0) is 16.5. The molecule has 0 unspecified atom stereocenters. The summed E-state index contributed by atoms with van der Waals surface area (Å²) in [7, 11) is -4.12. The molecule has 1 amide bonds. The molecule has 1 heterocycles. The lowest BCUT2D eigenvalue weighted by molar-refractivity contribution is -0.152. The molecule has 120 valence electrons. The van der Waals surface area contributed by atoms with Gasteiger partial charge in [-0.1, -0.05) is 18.2 Å². The van der Waals surface area contributed by atoms with Crippen molar-refractivity contribution in [1.29, 1.82) is 0 Å². The van der Waals surface area contributed by atoms with E-state index < -0.39 is 39.2 Å². The minimum atomic E-state index is -4.94. The number of halogens is 3. The Balaban J connectivity index is 2.56. The highest BCUT2D eigenvalue weighted by Gasteiger charge is 2.41. The summed E-state index contributed by atoms with van der Waals surface area (Å²) in [5.41, 5.74) is 4.03. The van der Waals surface area contributed by atoms with E-state index in [0.717, 1.165) is 0 Å². The third kappa shape index (κ3) is 3.22. The van der Waals surface area contributed by atoms with Gasteiger partial charge in [0, 0.05) is 11.9 Å². The van der Waals surface area contributed by atoms with Crippen LogP contribution in [0.1, 0.15) is 16.1 Å². The van der Waals surface area contributed by atoms with Crippen molar-refractivity contribution >= 4 is 26.9 Å². The minimum absolute atomic E-state index is 0.129. The fourth-order valence-electron chi connectivity index (χ4n) is 1.87. The molecule has 2 aromatic rings. The molecular formula is C12H11F3N2O4S. The molecule has 6 nitrogen and oxygen atoms in total. The number of nitrogens with one attached hydrogen (secondary N) is 1. The van der Waals surface area contributed by atoms with Crippen LogP contribution in [0.2, 0.25) is 0 Å². The van der Waals surface area contributed by atoms with Crippen molar-refractivity contribution in [2.45, 2.75) is 6.18 Å². The summed E-state index contributed by atoms with van der Waals surface area (Å²) >= 11 is 0. The van der Waals surface area contributed by atoms with Gasteiger partial charge in [-0.25, -0.2) is 13.1 Å². The number of furan rings is 1. The van der Waals surface area contributed by atoms with E-state index in [2.05, 4.69) is 4.42 Å². The molecule has 3 N–H and O–H groups in total. The van der Waals surface area contributed by atoms with Crippen LogP contribution in [-0.2, 0) is 16.2 Å². The number of nitrogens with two attached hydrogens (primary N) is 1. The van der Waals surface area contributed by atoms with Crippen LogP contribution in [-0.4, -0.2) is 26.6 Å². The van der Waals surface area contributed by atoms with Gasteiger partial charge in [0.25, 0.3) is 5.91 Å². The molecule has 0 aliphatic heterocycles. The zero-order valence-corrected chi connectivity index (χ0v) is 11.8. The number of para-hydroxylation sites is 1. The molecule has 0 bridgehead atoms. The van der Waals surface area contributed by atoms with Crippen molar-refractivity contribution in [2.24, 2.45) is 5.73 Å². The maximum atomic E-state index is 13.0. The first kappa shape index (κ1) is 16.3. The molecule has 2 rings (SSSR count). The van der Waals surface area contributed by atoms with Crippen LogP contribution in [0.15, 0.2) is 28.7 Å².